The van der Waals surface area contributed by atoms with Crippen LogP contribution in [0.1, 0.15) is 25.8 Å². The summed E-state index contributed by atoms with van der Waals surface area (Å²) in [5.74, 6) is 0.509. The number of benzene rings is 1. The van der Waals surface area contributed by atoms with E-state index in [1.807, 2.05) is 31.2 Å². The number of rotatable bonds is 6. The molecule has 0 aliphatic carbocycles. The predicted octanol–water partition coefficient (Wildman–Crippen LogP) is 3.00. The van der Waals surface area contributed by atoms with Gasteiger partial charge in [0.2, 0.25) is 5.91 Å². The molecular weight excluding hydrogens is 214 g/mol. The van der Waals surface area contributed by atoms with Crippen molar-refractivity contribution in [3.8, 4) is 0 Å². The van der Waals surface area contributed by atoms with Crippen LogP contribution in [0.15, 0.2) is 24.3 Å². The van der Waals surface area contributed by atoms with E-state index in [2.05, 4.69) is 19.2 Å². The van der Waals surface area contributed by atoms with Gasteiger partial charge in [0.25, 0.3) is 0 Å². The van der Waals surface area contributed by atoms with Gasteiger partial charge in [0.15, 0.2) is 0 Å². The summed E-state index contributed by atoms with van der Waals surface area (Å²) in [4.78, 5) is 11.5. The second kappa shape index (κ2) is 7.07. The van der Waals surface area contributed by atoms with E-state index in [0.29, 0.717) is 12.5 Å². The lowest BCUT2D eigenvalue weighted by molar-refractivity contribution is -0.120. The Morgan fingerprint density at radius 2 is 2.18 bits per heavy atom. The van der Waals surface area contributed by atoms with Gasteiger partial charge in [-0.1, -0.05) is 26.0 Å². The fourth-order valence-electron chi connectivity index (χ4n) is 1.40. The largest absolute Gasteiger partial charge is 0.372 e. The van der Waals surface area contributed by atoms with Gasteiger partial charge < -0.3 is 10.1 Å². The Hall–Kier alpha value is -1.35. The molecule has 1 aromatic carbocycles. The zero-order chi connectivity index (χ0) is 12.7. The Labute approximate surface area is 103 Å². The van der Waals surface area contributed by atoms with E-state index in [1.54, 1.807) is 0 Å². The molecule has 3 heteroatoms. The van der Waals surface area contributed by atoms with Crippen LogP contribution in [-0.4, -0.2) is 19.1 Å². The summed E-state index contributed by atoms with van der Waals surface area (Å²) in [7, 11) is 0. The standard InChI is InChI=1S/C14H21NO2/c1-11(2)7-8-17-10-14(16)15-13-6-4-5-12(3)9-13/h4-6,9,11H,7-8,10H2,1-3H3,(H,15,16). The van der Waals surface area contributed by atoms with Crippen LogP contribution in [-0.2, 0) is 9.53 Å². The van der Waals surface area contributed by atoms with Gasteiger partial charge in [-0.3, -0.25) is 4.79 Å². The van der Waals surface area contributed by atoms with Gasteiger partial charge in [-0.05, 0) is 37.0 Å². The summed E-state index contributed by atoms with van der Waals surface area (Å²) in [6, 6.07) is 7.73. The first-order valence-corrected chi connectivity index (χ1v) is 6.02. The molecule has 0 heterocycles. The maximum atomic E-state index is 11.5. The molecular formula is C14H21NO2. The van der Waals surface area contributed by atoms with Crippen molar-refractivity contribution in [3.05, 3.63) is 29.8 Å². The maximum Gasteiger partial charge on any atom is 0.250 e. The molecule has 0 aliphatic heterocycles. The molecule has 0 spiro atoms. The van der Waals surface area contributed by atoms with Crippen LogP contribution in [0.3, 0.4) is 0 Å². The van der Waals surface area contributed by atoms with E-state index in [0.717, 1.165) is 17.7 Å². The number of hydrogen-bond acceptors (Lipinski definition) is 2. The molecule has 1 N–H and O–H groups in total. The average molecular weight is 235 g/mol. The Balaban J connectivity index is 2.25. The lowest BCUT2D eigenvalue weighted by Crippen LogP contribution is -2.19. The second-order valence-corrected chi connectivity index (χ2v) is 4.65. The minimum absolute atomic E-state index is 0.0978. The zero-order valence-corrected chi connectivity index (χ0v) is 10.8. The van der Waals surface area contributed by atoms with Crippen molar-refractivity contribution < 1.29 is 9.53 Å². The van der Waals surface area contributed by atoms with Crippen LogP contribution in [0.5, 0.6) is 0 Å². The van der Waals surface area contributed by atoms with Gasteiger partial charge in [0.05, 0.1) is 0 Å². The third kappa shape index (κ3) is 6.07. The Kier molecular flexibility index (Phi) is 5.70. The number of nitrogens with one attached hydrogen (secondary N) is 1. The minimum atomic E-state index is -0.0978. The highest BCUT2D eigenvalue weighted by atomic mass is 16.5. The Bertz CT molecular complexity index is 361. The molecule has 0 aliphatic rings. The topological polar surface area (TPSA) is 38.3 Å². The van der Waals surface area contributed by atoms with E-state index in [1.165, 1.54) is 0 Å². The highest BCUT2D eigenvalue weighted by Gasteiger charge is 2.02. The molecule has 0 radical (unpaired) electrons. The molecule has 0 saturated carbocycles. The summed E-state index contributed by atoms with van der Waals surface area (Å²) in [6.45, 7) is 7.03. The molecule has 94 valence electrons. The van der Waals surface area contributed by atoms with E-state index in [9.17, 15) is 4.79 Å². The molecule has 17 heavy (non-hydrogen) atoms. The monoisotopic (exact) mass is 235 g/mol. The third-order valence-corrected chi connectivity index (χ3v) is 2.37. The van der Waals surface area contributed by atoms with E-state index in [4.69, 9.17) is 4.74 Å². The number of carbonyl (C=O) groups excluding carboxylic acids is 1. The molecule has 0 unspecified atom stereocenters. The molecule has 0 atom stereocenters. The fraction of sp³-hybridized carbons (Fsp3) is 0.500. The van der Waals surface area contributed by atoms with Gasteiger partial charge in [0, 0.05) is 12.3 Å². The van der Waals surface area contributed by atoms with Crippen molar-refractivity contribution in [2.75, 3.05) is 18.5 Å². The SMILES string of the molecule is Cc1cccc(NC(=O)COCCC(C)C)c1. The second-order valence-electron chi connectivity index (χ2n) is 4.65. The normalized spacial score (nSPS) is 10.6. The molecule has 0 saturated heterocycles. The van der Waals surface area contributed by atoms with Crippen molar-refractivity contribution in [3.63, 3.8) is 0 Å². The van der Waals surface area contributed by atoms with Gasteiger partial charge in [-0.15, -0.1) is 0 Å². The minimum Gasteiger partial charge on any atom is -0.372 e. The Morgan fingerprint density at radius 1 is 1.41 bits per heavy atom. The van der Waals surface area contributed by atoms with Crippen molar-refractivity contribution in [2.24, 2.45) is 5.92 Å². The molecule has 0 bridgehead atoms. The number of hydrogen-bond donors (Lipinski definition) is 1. The van der Waals surface area contributed by atoms with E-state index >= 15 is 0 Å². The summed E-state index contributed by atoms with van der Waals surface area (Å²) in [5, 5.41) is 2.81. The van der Waals surface area contributed by atoms with Gasteiger partial charge in [-0.2, -0.15) is 0 Å². The van der Waals surface area contributed by atoms with Crippen molar-refractivity contribution >= 4 is 11.6 Å². The van der Waals surface area contributed by atoms with Crippen LogP contribution in [0, 0.1) is 12.8 Å². The lowest BCUT2D eigenvalue weighted by atomic mass is 10.1. The first kappa shape index (κ1) is 13.7. The quantitative estimate of drug-likeness (QED) is 0.770. The summed E-state index contributed by atoms with van der Waals surface area (Å²) in [6.07, 6.45) is 0.984. The van der Waals surface area contributed by atoms with Crippen molar-refractivity contribution in [2.45, 2.75) is 27.2 Å². The smallest absolute Gasteiger partial charge is 0.250 e. The van der Waals surface area contributed by atoms with Crippen LogP contribution in [0.4, 0.5) is 5.69 Å². The summed E-state index contributed by atoms with van der Waals surface area (Å²) < 4.78 is 5.30. The van der Waals surface area contributed by atoms with Crippen molar-refractivity contribution in [1.29, 1.82) is 0 Å². The first-order chi connectivity index (χ1) is 8.08. The number of aryl methyl sites for hydroxylation is 1. The third-order valence-electron chi connectivity index (χ3n) is 2.37. The number of ether oxygens (including phenoxy) is 1. The van der Waals surface area contributed by atoms with E-state index in [-0.39, 0.29) is 12.5 Å². The number of amides is 1. The summed E-state index contributed by atoms with van der Waals surface area (Å²) >= 11 is 0. The zero-order valence-electron chi connectivity index (χ0n) is 10.8. The van der Waals surface area contributed by atoms with Crippen LogP contribution >= 0.6 is 0 Å². The lowest BCUT2D eigenvalue weighted by Gasteiger charge is -2.08. The summed E-state index contributed by atoms with van der Waals surface area (Å²) in [5.41, 5.74) is 1.95. The molecule has 1 aromatic rings. The Morgan fingerprint density at radius 3 is 2.82 bits per heavy atom. The molecule has 0 fully saturated rings. The van der Waals surface area contributed by atoms with E-state index < -0.39 is 0 Å². The van der Waals surface area contributed by atoms with Gasteiger partial charge >= 0.3 is 0 Å². The van der Waals surface area contributed by atoms with Crippen LogP contribution in [0.25, 0.3) is 0 Å². The van der Waals surface area contributed by atoms with Crippen LogP contribution in [0.2, 0.25) is 0 Å². The predicted molar refractivity (Wildman–Crippen MR) is 70.1 cm³/mol. The molecule has 3 nitrogen and oxygen atoms in total. The maximum absolute atomic E-state index is 11.5. The highest BCUT2D eigenvalue weighted by Crippen LogP contribution is 2.09. The fourth-order valence-corrected chi connectivity index (χ4v) is 1.40. The number of anilines is 1. The average Bonchev–Trinajstić information content (AvgIpc) is 2.24. The van der Waals surface area contributed by atoms with Crippen molar-refractivity contribution in [1.82, 2.24) is 0 Å². The number of carbonyl (C=O) groups is 1. The highest BCUT2D eigenvalue weighted by molar-refractivity contribution is 5.91. The molecule has 1 rings (SSSR count). The van der Waals surface area contributed by atoms with Gasteiger partial charge in [0.1, 0.15) is 6.61 Å². The molecule has 0 aromatic heterocycles. The molecule has 1 amide bonds. The van der Waals surface area contributed by atoms with Crippen LogP contribution < -0.4 is 5.32 Å². The first-order valence-electron chi connectivity index (χ1n) is 6.02. The van der Waals surface area contributed by atoms with Gasteiger partial charge in [-0.25, -0.2) is 0 Å².